The van der Waals surface area contributed by atoms with Crippen molar-refractivity contribution in [2.24, 2.45) is 0 Å². The van der Waals surface area contributed by atoms with Gasteiger partial charge in [-0.25, -0.2) is 0 Å². The number of nitriles is 2. The van der Waals surface area contributed by atoms with Crippen molar-refractivity contribution in [2.45, 2.75) is 6.92 Å². The number of nitrogens with zero attached hydrogens (tertiary/aromatic N) is 2. The highest BCUT2D eigenvalue weighted by Crippen LogP contribution is 2.11. The molecule has 0 atom stereocenters. The Morgan fingerprint density at radius 3 is 1.94 bits per heavy atom. The smallest absolute Gasteiger partial charge is 0.162 e. The fraction of sp³-hybridized carbons (Fsp3) is 0.545. The van der Waals surface area contributed by atoms with Gasteiger partial charge < -0.3 is 10.2 Å². The molecule has 6 heteroatoms. The van der Waals surface area contributed by atoms with E-state index in [2.05, 4.69) is 0 Å². The largest absolute Gasteiger partial charge is 0.391 e. The van der Waals surface area contributed by atoms with Crippen LogP contribution in [0.4, 0.5) is 0 Å². The van der Waals surface area contributed by atoms with E-state index in [0.717, 1.165) is 0 Å². The number of rotatable bonds is 7. The van der Waals surface area contributed by atoms with E-state index in [4.69, 9.17) is 20.7 Å². The number of carbonyl (C=O) groups is 1. The zero-order valence-corrected chi connectivity index (χ0v) is 10.5. The molecule has 0 unspecified atom stereocenters. The Morgan fingerprint density at radius 1 is 1.18 bits per heavy atom. The van der Waals surface area contributed by atoms with Crippen molar-refractivity contribution in [3.8, 4) is 12.1 Å². The van der Waals surface area contributed by atoms with E-state index < -0.39 is 0 Å². The number of allylic oxidation sites excluding steroid dienone is 1. The summed E-state index contributed by atoms with van der Waals surface area (Å²) in [6.45, 7) is 1.23. The number of aliphatic hydroxyl groups is 2. The van der Waals surface area contributed by atoms with Crippen LogP contribution >= 0.6 is 0 Å². The van der Waals surface area contributed by atoms with Crippen molar-refractivity contribution in [1.29, 1.82) is 10.5 Å². The molecule has 2 N–H and O–H groups in total. The summed E-state index contributed by atoms with van der Waals surface area (Å²) in [6.07, 6.45) is 0. The molecule has 0 aromatic carbocycles. The van der Waals surface area contributed by atoms with Gasteiger partial charge in [-0.2, -0.15) is 10.5 Å². The van der Waals surface area contributed by atoms with Crippen molar-refractivity contribution >= 4 is 16.7 Å². The van der Waals surface area contributed by atoms with Gasteiger partial charge in [-0.15, -0.1) is 0 Å². The number of hydrogen-bond acceptors (Lipinski definition) is 5. The number of ketones is 1. The van der Waals surface area contributed by atoms with Crippen LogP contribution in [0, 0.1) is 22.7 Å². The number of carbonyl (C=O) groups excluding carboxylic acids is 1. The molecule has 17 heavy (non-hydrogen) atoms. The summed E-state index contributed by atoms with van der Waals surface area (Å²) in [5, 5.41) is 35.2. The zero-order valence-electron chi connectivity index (χ0n) is 9.64. The summed E-state index contributed by atoms with van der Waals surface area (Å²) in [5.41, 5.74) is 0.0195. The number of aliphatic hydroxyl groups excluding tert-OH is 2. The van der Waals surface area contributed by atoms with Gasteiger partial charge in [-0.05, 0) is 17.8 Å². The van der Waals surface area contributed by atoms with Gasteiger partial charge in [-0.1, -0.05) is 0 Å². The van der Waals surface area contributed by atoms with Crippen LogP contribution in [0.3, 0.4) is 0 Å². The summed E-state index contributed by atoms with van der Waals surface area (Å²) in [6, 6.07) is 3.40. The lowest BCUT2D eigenvalue weighted by Crippen LogP contribution is -2.24. The quantitative estimate of drug-likeness (QED) is 0.363. The number of hydrogen-bond donors (Lipinski definition) is 2. The van der Waals surface area contributed by atoms with E-state index in [1.807, 2.05) is 0 Å². The lowest BCUT2D eigenvalue weighted by molar-refractivity contribution is -0.113. The Labute approximate surface area is 103 Å². The summed E-state index contributed by atoms with van der Waals surface area (Å²) in [7, 11) is -0.380. The molecule has 0 saturated carbocycles. The average molecular weight is 255 g/mol. The maximum atomic E-state index is 11.4. The maximum absolute atomic E-state index is 11.4. The molecule has 0 amide bonds. The Balaban J connectivity index is 5.00. The monoisotopic (exact) mass is 255 g/mol. The predicted molar refractivity (Wildman–Crippen MR) is 65.1 cm³/mol. The molecule has 0 aliphatic carbocycles. The van der Waals surface area contributed by atoms with Gasteiger partial charge in [0, 0.05) is 0 Å². The lowest BCUT2D eigenvalue weighted by atomic mass is 10.1. The maximum Gasteiger partial charge on any atom is 0.162 e. The van der Waals surface area contributed by atoms with Crippen molar-refractivity contribution in [3.05, 3.63) is 11.1 Å². The summed E-state index contributed by atoms with van der Waals surface area (Å²) < 4.78 is 0. The molecule has 5 nitrogen and oxygen atoms in total. The highest BCUT2D eigenvalue weighted by atomic mass is 32.2. The minimum atomic E-state index is -0.380. The van der Waals surface area contributed by atoms with Crippen molar-refractivity contribution in [1.82, 2.24) is 0 Å². The summed E-state index contributed by atoms with van der Waals surface area (Å²) in [5.74, 6) is 0.882. The highest BCUT2D eigenvalue weighted by molar-refractivity contribution is 7.97. The first-order chi connectivity index (χ1) is 8.10. The first-order valence-electron chi connectivity index (χ1n) is 5.00. The molecule has 0 aromatic heterocycles. The SMILES string of the molecule is CC(=O)C(C[S+](CCO)CCO)=C(C#N)C#N. The van der Waals surface area contributed by atoms with Gasteiger partial charge in [0.1, 0.15) is 35.0 Å². The van der Waals surface area contributed by atoms with Crippen LogP contribution in [0.15, 0.2) is 11.1 Å². The third-order valence-electron chi connectivity index (χ3n) is 2.06. The summed E-state index contributed by atoms with van der Waals surface area (Å²) in [4.78, 5) is 11.4. The minimum Gasteiger partial charge on any atom is -0.391 e. The Bertz CT molecular complexity index is 357. The van der Waals surface area contributed by atoms with E-state index in [9.17, 15) is 4.79 Å². The van der Waals surface area contributed by atoms with Crippen LogP contribution in [0.2, 0.25) is 0 Å². The first kappa shape index (κ1) is 15.7. The second-order valence-electron chi connectivity index (χ2n) is 3.25. The Morgan fingerprint density at radius 2 is 1.65 bits per heavy atom. The molecular formula is C11H15N2O3S+. The van der Waals surface area contributed by atoms with E-state index in [-0.39, 0.29) is 46.8 Å². The van der Waals surface area contributed by atoms with Crippen molar-refractivity contribution < 1.29 is 15.0 Å². The standard InChI is InChI=1S/C11H15N2O3S/c1-9(16)11(10(6-12)7-13)8-17(4-2-14)5-3-15/h14-15H,2-5,8H2,1H3/q+1. The van der Waals surface area contributed by atoms with Gasteiger partial charge in [0.25, 0.3) is 0 Å². The zero-order chi connectivity index (χ0) is 13.3. The predicted octanol–water partition coefficient (Wildman–Crippen LogP) is -0.478. The molecule has 0 saturated heterocycles. The Kier molecular flexibility index (Phi) is 8.08. The van der Waals surface area contributed by atoms with Crippen LogP contribution in [0.5, 0.6) is 0 Å². The third-order valence-corrected chi connectivity index (χ3v) is 4.28. The third kappa shape index (κ3) is 5.50. The fourth-order valence-corrected chi connectivity index (χ4v) is 2.98. The Hall–Kier alpha value is -1.34. The highest BCUT2D eigenvalue weighted by Gasteiger charge is 2.24. The van der Waals surface area contributed by atoms with Crippen molar-refractivity contribution in [2.75, 3.05) is 30.5 Å². The number of Topliss-reactive ketones (excluding diaryl/α,β-unsaturated/α-hetero) is 1. The van der Waals surface area contributed by atoms with Gasteiger partial charge in [-0.3, -0.25) is 4.79 Å². The minimum absolute atomic E-state index is 0.0390. The molecule has 0 aliphatic heterocycles. The van der Waals surface area contributed by atoms with Gasteiger partial charge in [0.05, 0.1) is 18.8 Å². The van der Waals surface area contributed by atoms with Crippen LogP contribution in [0.1, 0.15) is 6.92 Å². The lowest BCUT2D eigenvalue weighted by Gasteiger charge is -2.07. The van der Waals surface area contributed by atoms with E-state index >= 15 is 0 Å². The van der Waals surface area contributed by atoms with Crippen LogP contribution < -0.4 is 0 Å². The average Bonchev–Trinajstić information content (AvgIpc) is 2.29. The molecule has 0 heterocycles. The molecule has 0 aliphatic rings. The van der Waals surface area contributed by atoms with Gasteiger partial charge in [0.15, 0.2) is 5.78 Å². The molecular weight excluding hydrogens is 240 g/mol. The van der Waals surface area contributed by atoms with E-state index in [1.165, 1.54) is 6.92 Å². The second kappa shape index (κ2) is 8.77. The topological polar surface area (TPSA) is 105 Å². The first-order valence-corrected chi connectivity index (χ1v) is 6.74. The normalized spacial score (nSPS) is 9.53. The molecule has 0 rings (SSSR count). The molecule has 0 fully saturated rings. The van der Waals surface area contributed by atoms with Crippen LogP contribution in [-0.2, 0) is 15.7 Å². The molecule has 0 bridgehead atoms. The molecule has 0 radical (unpaired) electrons. The van der Waals surface area contributed by atoms with E-state index in [1.54, 1.807) is 12.1 Å². The van der Waals surface area contributed by atoms with E-state index in [0.29, 0.717) is 11.5 Å². The van der Waals surface area contributed by atoms with Gasteiger partial charge >= 0.3 is 0 Å². The summed E-state index contributed by atoms with van der Waals surface area (Å²) >= 11 is 0. The molecule has 92 valence electrons. The van der Waals surface area contributed by atoms with Crippen LogP contribution in [-0.4, -0.2) is 46.5 Å². The van der Waals surface area contributed by atoms with Gasteiger partial charge in [0.2, 0.25) is 0 Å². The van der Waals surface area contributed by atoms with Crippen molar-refractivity contribution in [3.63, 3.8) is 0 Å². The molecule has 0 aromatic rings. The second-order valence-corrected chi connectivity index (χ2v) is 5.58. The fourth-order valence-electron chi connectivity index (χ4n) is 1.22. The molecule has 0 spiro atoms. The van der Waals surface area contributed by atoms with Crippen LogP contribution in [0.25, 0.3) is 0 Å².